The van der Waals surface area contributed by atoms with Crippen molar-refractivity contribution >= 4 is 11.6 Å². The largest absolute Gasteiger partial charge is 0.119 e. The zero-order chi connectivity index (χ0) is 6.74. The lowest BCUT2D eigenvalue weighted by Gasteiger charge is -2.35. The van der Waals surface area contributed by atoms with Gasteiger partial charge in [0.2, 0.25) is 0 Å². The molecule has 0 aromatic carbocycles. The van der Waals surface area contributed by atoms with Gasteiger partial charge in [0.1, 0.15) is 0 Å². The first-order valence-electron chi connectivity index (χ1n) is 3.96. The average Bonchev–Trinajstić information content (AvgIpc) is 1.79. The third kappa shape index (κ3) is 1.86. The zero-order valence-electron chi connectivity index (χ0n) is 6.12. The van der Waals surface area contributed by atoms with Gasteiger partial charge in [0, 0.05) is 4.87 Å². The van der Waals surface area contributed by atoms with Crippen LogP contribution < -0.4 is 0 Å². The third-order valence-corrected chi connectivity index (χ3v) is 2.79. The summed E-state index contributed by atoms with van der Waals surface area (Å²) in [6.07, 6.45) is 7.71. The van der Waals surface area contributed by atoms with Crippen LogP contribution >= 0.6 is 11.6 Å². The summed E-state index contributed by atoms with van der Waals surface area (Å²) in [6, 6.07) is 0. The van der Waals surface area contributed by atoms with Gasteiger partial charge in [0.05, 0.1) is 0 Å². The Hall–Kier alpha value is 0.290. The molecular weight excluding hydrogens is 132 g/mol. The van der Waals surface area contributed by atoms with Crippen LogP contribution in [-0.4, -0.2) is 4.87 Å². The summed E-state index contributed by atoms with van der Waals surface area (Å²) in [7, 11) is 0. The first kappa shape index (κ1) is 7.40. The van der Waals surface area contributed by atoms with Gasteiger partial charge in [-0.1, -0.05) is 19.8 Å². The van der Waals surface area contributed by atoms with Crippen molar-refractivity contribution in [1.82, 2.24) is 0 Å². The Morgan fingerprint density at radius 2 is 2.11 bits per heavy atom. The molecule has 9 heavy (non-hydrogen) atoms. The maximum absolute atomic E-state index is 6.19. The smallest absolute Gasteiger partial charge is 0.0446 e. The van der Waals surface area contributed by atoms with Crippen molar-refractivity contribution in [2.24, 2.45) is 0 Å². The van der Waals surface area contributed by atoms with E-state index in [2.05, 4.69) is 6.92 Å². The van der Waals surface area contributed by atoms with Crippen LogP contribution in [0.2, 0.25) is 0 Å². The van der Waals surface area contributed by atoms with Gasteiger partial charge in [-0.05, 0) is 25.7 Å². The molecule has 1 aliphatic carbocycles. The van der Waals surface area contributed by atoms with Crippen molar-refractivity contribution in [3.05, 3.63) is 0 Å². The Labute approximate surface area is 62.6 Å². The van der Waals surface area contributed by atoms with Crippen LogP contribution in [0.15, 0.2) is 0 Å². The molecule has 1 heteroatoms. The van der Waals surface area contributed by atoms with Gasteiger partial charge in [-0.3, -0.25) is 0 Å². The van der Waals surface area contributed by atoms with Crippen LogP contribution in [0.1, 0.15) is 45.4 Å². The number of alkyl halides is 1. The van der Waals surface area contributed by atoms with Gasteiger partial charge in [0.25, 0.3) is 0 Å². The Kier molecular flexibility index (Phi) is 2.40. The van der Waals surface area contributed by atoms with Gasteiger partial charge in [-0.25, -0.2) is 0 Å². The minimum absolute atomic E-state index is 0.246. The van der Waals surface area contributed by atoms with Gasteiger partial charge >= 0.3 is 0 Å². The second kappa shape index (κ2) is 2.92. The number of hydrogen-bond acceptors (Lipinski definition) is 0. The predicted molar refractivity (Wildman–Crippen MR) is 42.0 cm³/mol. The lowest BCUT2D eigenvalue weighted by Crippen LogP contribution is -2.29. The summed E-state index contributed by atoms with van der Waals surface area (Å²) in [5, 5.41) is 0. The lowest BCUT2D eigenvalue weighted by atomic mass is 9.81. The quantitative estimate of drug-likeness (QED) is 0.536. The van der Waals surface area contributed by atoms with Crippen molar-refractivity contribution in [2.75, 3.05) is 0 Å². The molecule has 0 spiro atoms. The molecule has 54 valence electrons. The molecular formula is C8H15Cl. The van der Waals surface area contributed by atoms with Gasteiger partial charge < -0.3 is 0 Å². The Morgan fingerprint density at radius 1 is 1.44 bits per heavy atom. The molecule has 0 radical (unpaired) electrons. The highest BCUT2D eigenvalue weighted by atomic mass is 35.5. The van der Waals surface area contributed by atoms with Crippen molar-refractivity contribution in [1.29, 1.82) is 0 Å². The summed E-state index contributed by atoms with van der Waals surface area (Å²) >= 11 is 6.19. The summed E-state index contributed by atoms with van der Waals surface area (Å²) in [5.41, 5.74) is 0. The van der Waals surface area contributed by atoms with Gasteiger partial charge in [-0.2, -0.15) is 0 Å². The summed E-state index contributed by atoms with van der Waals surface area (Å²) in [6.45, 7) is 2.22. The van der Waals surface area contributed by atoms with Crippen LogP contribution in [0, 0.1) is 0 Å². The maximum Gasteiger partial charge on any atom is 0.0446 e. The number of unbranched alkanes of at least 4 members (excludes halogenated alkanes) is 1. The van der Waals surface area contributed by atoms with Crippen molar-refractivity contribution in [3.63, 3.8) is 0 Å². The molecule has 0 atom stereocenters. The average molecular weight is 147 g/mol. The molecule has 0 unspecified atom stereocenters. The highest BCUT2D eigenvalue weighted by molar-refractivity contribution is 6.24. The van der Waals surface area contributed by atoms with Crippen LogP contribution in [0.4, 0.5) is 0 Å². The van der Waals surface area contributed by atoms with E-state index in [1.165, 1.54) is 38.5 Å². The Balaban J connectivity index is 2.09. The van der Waals surface area contributed by atoms with E-state index in [4.69, 9.17) is 11.6 Å². The van der Waals surface area contributed by atoms with Crippen molar-refractivity contribution in [3.8, 4) is 0 Å². The van der Waals surface area contributed by atoms with E-state index < -0.39 is 0 Å². The third-order valence-electron chi connectivity index (χ3n) is 2.23. The standard InChI is InChI=1S/C8H15Cl/c1-2-3-5-8(9)6-4-7-8/h2-7H2,1H3. The SMILES string of the molecule is CCCCC1(Cl)CCC1. The summed E-state index contributed by atoms with van der Waals surface area (Å²) in [4.78, 5) is 0.246. The van der Waals surface area contributed by atoms with E-state index in [1.807, 2.05) is 0 Å². The maximum atomic E-state index is 6.19. The van der Waals surface area contributed by atoms with Gasteiger partial charge in [-0.15, -0.1) is 11.6 Å². The minimum Gasteiger partial charge on any atom is -0.119 e. The fourth-order valence-electron chi connectivity index (χ4n) is 1.30. The minimum atomic E-state index is 0.246. The summed E-state index contributed by atoms with van der Waals surface area (Å²) in [5.74, 6) is 0. The highest BCUT2D eigenvalue weighted by Crippen LogP contribution is 2.42. The molecule has 0 bridgehead atoms. The Bertz CT molecular complexity index is 84.6. The summed E-state index contributed by atoms with van der Waals surface area (Å²) < 4.78 is 0. The number of halogens is 1. The molecule has 0 aliphatic heterocycles. The van der Waals surface area contributed by atoms with E-state index in [-0.39, 0.29) is 4.87 Å². The molecule has 0 aromatic heterocycles. The van der Waals surface area contributed by atoms with Crippen molar-refractivity contribution in [2.45, 2.75) is 50.3 Å². The van der Waals surface area contributed by atoms with Crippen LogP contribution in [0.3, 0.4) is 0 Å². The predicted octanol–water partition coefficient (Wildman–Crippen LogP) is 3.34. The monoisotopic (exact) mass is 146 g/mol. The molecule has 1 saturated carbocycles. The first-order chi connectivity index (χ1) is 4.27. The molecule has 0 aromatic rings. The van der Waals surface area contributed by atoms with E-state index in [0.717, 1.165) is 0 Å². The molecule has 1 rings (SSSR count). The first-order valence-corrected chi connectivity index (χ1v) is 4.33. The fraction of sp³-hybridized carbons (Fsp3) is 1.00. The second-order valence-electron chi connectivity index (χ2n) is 3.11. The molecule has 1 fully saturated rings. The highest BCUT2D eigenvalue weighted by Gasteiger charge is 2.33. The molecule has 0 saturated heterocycles. The van der Waals surface area contributed by atoms with E-state index in [1.54, 1.807) is 0 Å². The topological polar surface area (TPSA) is 0 Å². The fourth-order valence-corrected chi connectivity index (χ4v) is 1.70. The molecule has 0 nitrogen and oxygen atoms in total. The normalized spacial score (nSPS) is 23.3. The van der Waals surface area contributed by atoms with Crippen LogP contribution in [0.5, 0.6) is 0 Å². The molecule has 0 N–H and O–H groups in total. The van der Waals surface area contributed by atoms with Crippen LogP contribution in [0.25, 0.3) is 0 Å². The van der Waals surface area contributed by atoms with E-state index in [9.17, 15) is 0 Å². The molecule has 0 heterocycles. The van der Waals surface area contributed by atoms with Gasteiger partial charge in [0.15, 0.2) is 0 Å². The molecule has 1 aliphatic rings. The zero-order valence-corrected chi connectivity index (χ0v) is 6.88. The van der Waals surface area contributed by atoms with E-state index in [0.29, 0.717) is 0 Å². The van der Waals surface area contributed by atoms with Crippen molar-refractivity contribution < 1.29 is 0 Å². The number of hydrogen-bond donors (Lipinski definition) is 0. The number of rotatable bonds is 3. The van der Waals surface area contributed by atoms with Crippen LogP contribution in [-0.2, 0) is 0 Å². The molecule has 0 amide bonds. The second-order valence-corrected chi connectivity index (χ2v) is 3.91. The van der Waals surface area contributed by atoms with E-state index >= 15 is 0 Å². The lowest BCUT2D eigenvalue weighted by molar-refractivity contribution is 0.324. The Morgan fingerprint density at radius 3 is 2.44 bits per heavy atom.